The van der Waals surface area contributed by atoms with E-state index in [-0.39, 0.29) is 12.1 Å². The van der Waals surface area contributed by atoms with E-state index < -0.39 is 0 Å². The lowest BCUT2D eigenvalue weighted by molar-refractivity contribution is 0.248. The minimum atomic E-state index is -0.200. The average Bonchev–Trinajstić information content (AvgIpc) is 2.49. The van der Waals surface area contributed by atoms with Crippen molar-refractivity contribution < 1.29 is 4.79 Å². The van der Waals surface area contributed by atoms with Crippen LogP contribution in [-0.4, -0.2) is 6.03 Å². The second-order valence-corrected chi connectivity index (χ2v) is 5.87. The first-order valence-corrected chi connectivity index (χ1v) is 7.77. The summed E-state index contributed by atoms with van der Waals surface area (Å²) in [7, 11) is 0. The second-order valence-electron chi connectivity index (χ2n) is 5.43. The van der Waals surface area contributed by atoms with Gasteiger partial charge in [0, 0.05) is 10.7 Å². The van der Waals surface area contributed by atoms with E-state index in [0.29, 0.717) is 5.02 Å². The normalized spacial score (nSPS) is 11.8. The maximum Gasteiger partial charge on any atom is 0.319 e. The van der Waals surface area contributed by atoms with E-state index >= 15 is 0 Å². The van der Waals surface area contributed by atoms with E-state index in [1.54, 1.807) is 0 Å². The number of hydrogen-bond acceptors (Lipinski definition) is 1. The monoisotopic (exact) mass is 316 g/mol. The fourth-order valence-corrected chi connectivity index (χ4v) is 2.51. The molecule has 116 valence electrons. The lowest BCUT2D eigenvalue weighted by Crippen LogP contribution is -2.32. The van der Waals surface area contributed by atoms with Crippen molar-refractivity contribution >= 4 is 23.3 Å². The number of carbonyl (C=O) groups excluding carboxylic acids is 1. The summed E-state index contributed by atoms with van der Waals surface area (Å²) in [5.41, 5.74) is 4.10. The Balaban J connectivity index is 2.04. The molecule has 4 heteroatoms. The van der Waals surface area contributed by atoms with E-state index in [1.807, 2.05) is 63.2 Å². The Morgan fingerprint density at radius 2 is 1.82 bits per heavy atom. The number of hydrogen-bond donors (Lipinski definition) is 2. The van der Waals surface area contributed by atoms with E-state index in [1.165, 1.54) is 5.56 Å². The zero-order valence-electron chi connectivity index (χ0n) is 13.1. The third-order valence-corrected chi connectivity index (χ3v) is 3.87. The Morgan fingerprint density at radius 3 is 2.41 bits per heavy atom. The van der Waals surface area contributed by atoms with Crippen LogP contribution in [0.3, 0.4) is 0 Å². The predicted octanol–water partition coefficient (Wildman–Crippen LogP) is 5.23. The van der Waals surface area contributed by atoms with E-state index in [9.17, 15) is 4.79 Å². The molecule has 22 heavy (non-hydrogen) atoms. The molecule has 0 aliphatic carbocycles. The molecule has 0 aliphatic heterocycles. The summed E-state index contributed by atoms with van der Waals surface area (Å²) in [6.07, 6.45) is 0.807. The summed E-state index contributed by atoms with van der Waals surface area (Å²) in [4.78, 5) is 12.2. The fourth-order valence-electron chi connectivity index (χ4n) is 2.39. The average molecular weight is 317 g/mol. The molecule has 0 heterocycles. The lowest BCUT2D eigenvalue weighted by atomic mass is 10.1. The van der Waals surface area contributed by atoms with Crippen molar-refractivity contribution in [1.82, 2.24) is 5.32 Å². The number of carbonyl (C=O) groups is 1. The van der Waals surface area contributed by atoms with Crippen LogP contribution in [0.15, 0.2) is 42.5 Å². The summed E-state index contributed by atoms with van der Waals surface area (Å²) < 4.78 is 0. The van der Waals surface area contributed by atoms with Crippen molar-refractivity contribution in [3.63, 3.8) is 0 Å². The molecule has 0 bridgehead atoms. The van der Waals surface area contributed by atoms with Gasteiger partial charge in [-0.15, -0.1) is 0 Å². The van der Waals surface area contributed by atoms with Gasteiger partial charge in [0.15, 0.2) is 0 Å². The molecule has 2 aromatic carbocycles. The first-order valence-electron chi connectivity index (χ1n) is 7.40. The van der Waals surface area contributed by atoms with Crippen LogP contribution in [0.4, 0.5) is 10.5 Å². The third-order valence-electron chi connectivity index (χ3n) is 3.62. The van der Waals surface area contributed by atoms with Crippen LogP contribution in [0, 0.1) is 13.8 Å². The number of anilines is 1. The number of aryl methyl sites for hydroxylation is 2. The van der Waals surface area contributed by atoms with Crippen LogP contribution in [0.5, 0.6) is 0 Å². The highest BCUT2D eigenvalue weighted by Crippen LogP contribution is 2.20. The van der Waals surface area contributed by atoms with Gasteiger partial charge in [-0.2, -0.15) is 0 Å². The Morgan fingerprint density at radius 1 is 1.14 bits per heavy atom. The highest BCUT2D eigenvalue weighted by Gasteiger charge is 2.13. The zero-order valence-corrected chi connectivity index (χ0v) is 13.9. The summed E-state index contributed by atoms with van der Waals surface area (Å²) in [6.45, 7) is 6.06. The van der Waals surface area contributed by atoms with E-state index in [4.69, 9.17) is 11.6 Å². The predicted molar refractivity (Wildman–Crippen MR) is 92.6 cm³/mol. The Bertz CT molecular complexity index is 653. The van der Waals surface area contributed by atoms with Crippen LogP contribution >= 0.6 is 11.6 Å². The van der Waals surface area contributed by atoms with Gasteiger partial charge in [0.2, 0.25) is 0 Å². The van der Waals surface area contributed by atoms with Crippen LogP contribution < -0.4 is 10.6 Å². The van der Waals surface area contributed by atoms with Gasteiger partial charge in [-0.05, 0) is 49.6 Å². The topological polar surface area (TPSA) is 41.1 Å². The molecule has 3 nitrogen and oxygen atoms in total. The van der Waals surface area contributed by atoms with E-state index in [2.05, 4.69) is 10.6 Å². The summed E-state index contributed by atoms with van der Waals surface area (Å²) in [6, 6.07) is 13.3. The number of benzene rings is 2. The van der Waals surface area contributed by atoms with Gasteiger partial charge in [-0.3, -0.25) is 0 Å². The Kier molecular flexibility index (Phi) is 5.45. The first-order chi connectivity index (χ1) is 10.5. The molecule has 2 amide bonds. The smallest absolute Gasteiger partial charge is 0.319 e. The van der Waals surface area contributed by atoms with Gasteiger partial charge in [-0.1, -0.05) is 48.4 Å². The van der Waals surface area contributed by atoms with Gasteiger partial charge in [-0.25, -0.2) is 4.79 Å². The van der Waals surface area contributed by atoms with Gasteiger partial charge < -0.3 is 10.6 Å². The van der Waals surface area contributed by atoms with Crippen molar-refractivity contribution in [2.45, 2.75) is 33.2 Å². The number of rotatable bonds is 4. The number of urea groups is 1. The van der Waals surface area contributed by atoms with Crippen molar-refractivity contribution in [1.29, 1.82) is 0 Å². The molecule has 0 fully saturated rings. The molecular formula is C18H21ClN2O. The Hall–Kier alpha value is -2.00. The lowest BCUT2D eigenvalue weighted by Gasteiger charge is -2.18. The third kappa shape index (κ3) is 4.25. The molecular weight excluding hydrogens is 296 g/mol. The van der Waals surface area contributed by atoms with Crippen molar-refractivity contribution in [3.8, 4) is 0 Å². The summed E-state index contributed by atoms with van der Waals surface area (Å²) in [5.74, 6) is 0. The van der Waals surface area contributed by atoms with Gasteiger partial charge in [0.1, 0.15) is 0 Å². The van der Waals surface area contributed by atoms with Gasteiger partial charge in [0.05, 0.1) is 6.04 Å². The number of nitrogens with one attached hydrogen (secondary N) is 2. The molecule has 0 unspecified atom stereocenters. The number of halogens is 1. The minimum Gasteiger partial charge on any atom is -0.331 e. The quantitative estimate of drug-likeness (QED) is 0.796. The molecule has 2 aromatic rings. The number of amides is 2. The fraction of sp³-hybridized carbons (Fsp3) is 0.278. The SMILES string of the molecule is CC[C@@H](NC(=O)Nc1ccc(C)cc1C)c1ccc(Cl)cc1. The molecule has 1 atom stereocenters. The molecule has 2 rings (SSSR count). The molecule has 2 N–H and O–H groups in total. The molecule has 0 spiro atoms. The maximum absolute atomic E-state index is 12.2. The van der Waals surface area contributed by atoms with Crippen molar-refractivity contribution in [2.75, 3.05) is 5.32 Å². The molecule has 0 aliphatic rings. The summed E-state index contributed by atoms with van der Waals surface area (Å²) >= 11 is 5.90. The zero-order chi connectivity index (χ0) is 16.1. The van der Waals surface area contributed by atoms with Crippen molar-refractivity contribution in [3.05, 3.63) is 64.2 Å². The molecule has 0 aromatic heterocycles. The molecule has 0 saturated carbocycles. The standard InChI is InChI=1S/C18H21ClN2O/c1-4-16(14-6-8-15(19)9-7-14)20-18(22)21-17-10-5-12(2)11-13(17)3/h5-11,16H,4H2,1-3H3,(H2,20,21,22)/t16-/m1/s1. The highest BCUT2D eigenvalue weighted by molar-refractivity contribution is 6.30. The van der Waals surface area contributed by atoms with E-state index in [0.717, 1.165) is 23.2 Å². The maximum atomic E-state index is 12.2. The Labute approximate surface area is 136 Å². The largest absolute Gasteiger partial charge is 0.331 e. The van der Waals surface area contributed by atoms with Crippen LogP contribution in [-0.2, 0) is 0 Å². The first kappa shape index (κ1) is 16.4. The van der Waals surface area contributed by atoms with Crippen LogP contribution in [0.1, 0.15) is 36.1 Å². The van der Waals surface area contributed by atoms with Crippen molar-refractivity contribution in [2.24, 2.45) is 0 Å². The van der Waals surface area contributed by atoms with Gasteiger partial charge in [0.25, 0.3) is 0 Å². The minimum absolute atomic E-state index is 0.0389. The van der Waals surface area contributed by atoms with Crippen LogP contribution in [0.25, 0.3) is 0 Å². The highest BCUT2D eigenvalue weighted by atomic mass is 35.5. The van der Waals surface area contributed by atoms with Crippen LogP contribution in [0.2, 0.25) is 5.02 Å². The molecule has 0 saturated heterocycles. The second kappa shape index (κ2) is 7.32. The van der Waals surface area contributed by atoms with Gasteiger partial charge >= 0.3 is 6.03 Å². The molecule has 0 radical (unpaired) electrons. The summed E-state index contributed by atoms with van der Waals surface area (Å²) in [5, 5.41) is 6.60.